The third-order valence-corrected chi connectivity index (χ3v) is 3.34. The molecule has 2 aromatic rings. The van der Waals surface area contributed by atoms with Gasteiger partial charge in [0.2, 0.25) is 5.91 Å². The zero-order valence-corrected chi connectivity index (χ0v) is 13.0. The Balaban J connectivity index is 2.00. The summed E-state index contributed by atoms with van der Waals surface area (Å²) in [6.07, 6.45) is 0.153. The van der Waals surface area contributed by atoms with Crippen LogP contribution >= 0.6 is 0 Å². The molecule has 1 unspecified atom stereocenters. The molecule has 6 nitrogen and oxygen atoms in total. The van der Waals surface area contributed by atoms with E-state index in [0.717, 1.165) is 11.3 Å². The number of benzene rings is 1. The van der Waals surface area contributed by atoms with Crippen molar-refractivity contribution in [1.82, 2.24) is 5.32 Å². The van der Waals surface area contributed by atoms with Crippen LogP contribution in [0.2, 0.25) is 0 Å². The average molecular weight is 317 g/mol. The van der Waals surface area contributed by atoms with Crippen LogP contribution < -0.4 is 5.32 Å². The minimum atomic E-state index is -0.991. The van der Waals surface area contributed by atoms with Crippen LogP contribution in [0.25, 0.3) is 0 Å². The lowest BCUT2D eigenvalue weighted by Crippen LogP contribution is -2.32. The van der Waals surface area contributed by atoms with E-state index >= 15 is 0 Å². The van der Waals surface area contributed by atoms with Crippen molar-refractivity contribution < 1.29 is 23.8 Å². The van der Waals surface area contributed by atoms with Gasteiger partial charge >= 0.3 is 5.97 Å². The summed E-state index contributed by atoms with van der Waals surface area (Å²) in [5, 5.41) is 11.7. The summed E-state index contributed by atoms with van der Waals surface area (Å²) in [6, 6.07) is 9.49. The highest BCUT2D eigenvalue weighted by atomic mass is 16.5. The van der Waals surface area contributed by atoms with Crippen LogP contribution in [-0.4, -0.2) is 30.7 Å². The number of furan rings is 1. The van der Waals surface area contributed by atoms with Crippen LogP contribution in [0.5, 0.6) is 0 Å². The number of carboxylic acids is 1. The molecule has 122 valence electrons. The second-order valence-corrected chi connectivity index (χ2v) is 5.20. The first-order valence-electron chi connectivity index (χ1n) is 7.16. The van der Waals surface area contributed by atoms with E-state index < -0.39 is 5.97 Å². The van der Waals surface area contributed by atoms with E-state index in [2.05, 4.69) is 5.32 Å². The van der Waals surface area contributed by atoms with Gasteiger partial charge in [-0.1, -0.05) is 12.1 Å². The number of carbonyl (C=O) groups excluding carboxylic acids is 1. The summed E-state index contributed by atoms with van der Waals surface area (Å²) < 4.78 is 10.7. The average Bonchev–Trinajstić information content (AvgIpc) is 2.94. The molecule has 1 aromatic heterocycles. The van der Waals surface area contributed by atoms with E-state index in [0.29, 0.717) is 12.4 Å². The van der Waals surface area contributed by atoms with Crippen molar-refractivity contribution in [2.45, 2.75) is 19.4 Å². The maximum absolute atomic E-state index is 12.2. The molecule has 0 fully saturated rings. The molecule has 0 aliphatic heterocycles. The number of carbonyl (C=O) groups is 2. The predicted octanol–water partition coefficient (Wildman–Crippen LogP) is 2.33. The van der Waals surface area contributed by atoms with E-state index in [1.54, 1.807) is 25.3 Å². The highest BCUT2D eigenvalue weighted by molar-refractivity contribution is 5.87. The summed E-state index contributed by atoms with van der Waals surface area (Å²) >= 11 is 0. The molecule has 1 heterocycles. The minimum Gasteiger partial charge on any atom is -0.478 e. The number of rotatable bonds is 7. The zero-order valence-electron chi connectivity index (χ0n) is 13.0. The van der Waals surface area contributed by atoms with Crippen LogP contribution in [0.1, 0.15) is 33.5 Å². The van der Waals surface area contributed by atoms with E-state index in [9.17, 15) is 9.59 Å². The molecule has 2 rings (SSSR count). The molecule has 0 saturated carbocycles. The van der Waals surface area contributed by atoms with Crippen molar-refractivity contribution in [3.63, 3.8) is 0 Å². The first-order chi connectivity index (χ1) is 11.0. The van der Waals surface area contributed by atoms with Gasteiger partial charge in [-0.15, -0.1) is 0 Å². The van der Waals surface area contributed by atoms with Gasteiger partial charge in [0.1, 0.15) is 17.6 Å². The molecular formula is C17H19NO5. The number of ether oxygens (including phenoxy) is 1. The van der Waals surface area contributed by atoms with Crippen molar-refractivity contribution in [3.05, 3.63) is 59.0 Å². The fraction of sp³-hybridized carbons (Fsp3) is 0.294. The molecule has 0 radical (unpaired) electrons. The van der Waals surface area contributed by atoms with Crippen molar-refractivity contribution >= 4 is 11.9 Å². The van der Waals surface area contributed by atoms with E-state index in [1.807, 2.05) is 13.0 Å². The molecular weight excluding hydrogens is 298 g/mol. The lowest BCUT2D eigenvalue weighted by molar-refractivity contribution is -0.121. The lowest BCUT2D eigenvalue weighted by atomic mass is 10.1. The van der Waals surface area contributed by atoms with Gasteiger partial charge in [0.25, 0.3) is 0 Å². The Morgan fingerprint density at radius 1 is 1.22 bits per heavy atom. The quantitative estimate of drug-likeness (QED) is 0.818. The molecule has 1 atom stereocenters. The number of aryl methyl sites for hydroxylation is 1. The summed E-state index contributed by atoms with van der Waals surface area (Å²) in [5.41, 5.74) is 0.928. The van der Waals surface area contributed by atoms with Gasteiger partial charge in [-0.3, -0.25) is 4.79 Å². The highest BCUT2D eigenvalue weighted by Crippen LogP contribution is 2.17. The second kappa shape index (κ2) is 7.60. The van der Waals surface area contributed by atoms with Gasteiger partial charge in [-0.05, 0) is 36.8 Å². The standard InChI is InChI=1S/C17H19NO5/c1-11-3-8-15(23-11)14(10-22-2)18-16(19)9-12-4-6-13(7-5-12)17(20)21/h3-8,14H,9-10H2,1-2H3,(H,18,19)(H,20,21). The maximum atomic E-state index is 12.2. The van der Waals surface area contributed by atoms with Crippen LogP contribution in [0.4, 0.5) is 0 Å². The van der Waals surface area contributed by atoms with Crippen molar-refractivity contribution in [2.24, 2.45) is 0 Å². The first kappa shape index (κ1) is 16.8. The van der Waals surface area contributed by atoms with E-state index in [1.165, 1.54) is 12.1 Å². The van der Waals surface area contributed by atoms with Crippen LogP contribution in [0.15, 0.2) is 40.8 Å². The smallest absolute Gasteiger partial charge is 0.335 e. The van der Waals surface area contributed by atoms with Crippen LogP contribution in [0.3, 0.4) is 0 Å². The number of hydrogen-bond donors (Lipinski definition) is 2. The Hall–Kier alpha value is -2.60. The Kier molecular flexibility index (Phi) is 5.54. The number of amides is 1. The molecule has 23 heavy (non-hydrogen) atoms. The van der Waals surface area contributed by atoms with Crippen molar-refractivity contribution in [2.75, 3.05) is 13.7 Å². The summed E-state index contributed by atoms with van der Waals surface area (Å²) in [5.74, 6) is 0.220. The summed E-state index contributed by atoms with van der Waals surface area (Å²) in [7, 11) is 1.56. The molecule has 1 amide bonds. The number of carboxylic acid groups (broad SMARTS) is 1. The molecule has 0 spiro atoms. The second-order valence-electron chi connectivity index (χ2n) is 5.20. The maximum Gasteiger partial charge on any atom is 0.335 e. The number of hydrogen-bond acceptors (Lipinski definition) is 4. The van der Waals surface area contributed by atoms with Crippen LogP contribution in [0, 0.1) is 6.92 Å². The highest BCUT2D eigenvalue weighted by Gasteiger charge is 2.18. The third kappa shape index (κ3) is 4.69. The monoisotopic (exact) mass is 317 g/mol. The number of methoxy groups -OCH3 is 1. The van der Waals surface area contributed by atoms with Crippen LogP contribution in [-0.2, 0) is 16.0 Å². The Morgan fingerprint density at radius 2 is 1.91 bits per heavy atom. The van der Waals surface area contributed by atoms with Crippen molar-refractivity contribution in [1.29, 1.82) is 0 Å². The number of aromatic carboxylic acids is 1. The SMILES string of the molecule is COCC(NC(=O)Cc1ccc(C(=O)O)cc1)c1ccc(C)o1. The Labute approximate surface area is 134 Å². The first-order valence-corrected chi connectivity index (χ1v) is 7.16. The minimum absolute atomic E-state index is 0.153. The van der Waals surface area contributed by atoms with Gasteiger partial charge in [0, 0.05) is 7.11 Å². The lowest BCUT2D eigenvalue weighted by Gasteiger charge is -2.16. The van der Waals surface area contributed by atoms with Gasteiger partial charge < -0.3 is 19.6 Å². The molecule has 0 saturated heterocycles. The predicted molar refractivity (Wildman–Crippen MR) is 83.3 cm³/mol. The molecule has 1 aromatic carbocycles. The fourth-order valence-electron chi connectivity index (χ4n) is 2.20. The Bertz CT molecular complexity index is 675. The molecule has 6 heteroatoms. The molecule has 0 aliphatic carbocycles. The third-order valence-electron chi connectivity index (χ3n) is 3.34. The van der Waals surface area contributed by atoms with Gasteiger partial charge in [0.15, 0.2) is 0 Å². The van der Waals surface area contributed by atoms with E-state index in [-0.39, 0.29) is 23.9 Å². The topological polar surface area (TPSA) is 88.8 Å². The normalized spacial score (nSPS) is 11.9. The van der Waals surface area contributed by atoms with Crippen molar-refractivity contribution in [3.8, 4) is 0 Å². The Morgan fingerprint density at radius 3 is 2.43 bits per heavy atom. The summed E-state index contributed by atoms with van der Waals surface area (Å²) in [6.45, 7) is 2.13. The number of nitrogens with one attached hydrogen (secondary N) is 1. The molecule has 2 N–H and O–H groups in total. The van der Waals surface area contributed by atoms with Gasteiger partial charge in [0.05, 0.1) is 18.6 Å². The fourth-order valence-corrected chi connectivity index (χ4v) is 2.20. The molecule has 0 bridgehead atoms. The van der Waals surface area contributed by atoms with E-state index in [4.69, 9.17) is 14.3 Å². The van der Waals surface area contributed by atoms with Gasteiger partial charge in [-0.25, -0.2) is 4.79 Å². The zero-order chi connectivity index (χ0) is 16.8. The summed E-state index contributed by atoms with van der Waals surface area (Å²) in [4.78, 5) is 23.0. The van der Waals surface area contributed by atoms with Gasteiger partial charge in [-0.2, -0.15) is 0 Å². The largest absolute Gasteiger partial charge is 0.478 e. The molecule has 0 aliphatic rings.